The third-order valence-corrected chi connectivity index (χ3v) is 5.79. The number of fused-ring (bicyclic) bond motifs is 1. The summed E-state index contributed by atoms with van der Waals surface area (Å²) in [4.78, 5) is 59.9. The van der Waals surface area contributed by atoms with Gasteiger partial charge in [-0.1, -0.05) is 30.3 Å². The van der Waals surface area contributed by atoms with Gasteiger partial charge in [-0.2, -0.15) is 0 Å². The second-order valence-corrected chi connectivity index (χ2v) is 8.97. The summed E-state index contributed by atoms with van der Waals surface area (Å²) in [6.45, 7) is 6.05. The molecule has 1 saturated heterocycles. The van der Waals surface area contributed by atoms with Gasteiger partial charge < -0.3 is 33.2 Å². The van der Waals surface area contributed by atoms with Gasteiger partial charge in [0.25, 0.3) is 0 Å². The molecule has 2 aromatic carbocycles. The summed E-state index contributed by atoms with van der Waals surface area (Å²) in [7, 11) is 0. The van der Waals surface area contributed by atoms with Gasteiger partial charge >= 0.3 is 29.8 Å². The molecule has 0 bridgehead atoms. The Morgan fingerprint density at radius 2 is 1.41 bits per heavy atom. The van der Waals surface area contributed by atoms with Crippen molar-refractivity contribution in [3.8, 4) is 5.75 Å². The molecule has 12 heteroatoms. The first kappa shape index (κ1) is 31.1. The van der Waals surface area contributed by atoms with Crippen molar-refractivity contribution in [2.24, 2.45) is 0 Å². The van der Waals surface area contributed by atoms with E-state index in [-0.39, 0.29) is 12.4 Å². The van der Waals surface area contributed by atoms with Crippen LogP contribution in [0.15, 0.2) is 42.5 Å². The number of ether oxygens (including phenoxy) is 7. The van der Waals surface area contributed by atoms with Crippen molar-refractivity contribution in [2.45, 2.75) is 65.3 Å². The van der Waals surface area contributed by atoms with Crippen LogP contribution >= 0.6 is 0 Å². The smallest absolute Gasteiger partial charge is 0.330 e. The molecule has 0 amide bonds. The summed E-state index contributed by atoms with van der Waals surface area (Å²) < 4.78 is 38.7. The average molecular weight is 573 g/mol. The quantitative estimate of drug-likeness (QED) is 0.234. The predicted octanol–water partition coefficient (Wildman–Crippen LogP) is 2.88. The summed E-state index contributed by atoms with van der Waals surface area (Å²) >= 11 is 0. The summed E-state index contributed by atoms with van der Waals surface area (Å²) in [6.07, 6.45) is -3.98. The second-order valence-electron chi connectivity index (χ2n) is 8.97. The van der Waals surface area contributed by atoms with Gasteiger partial charge in [-0.25, -0.2) is 4.79 Å². The molecule has 12 nitrogen and oxygen atoms in total. The zero-order valence-corrected chi connectivity index (χ0v) is 23.3. The highest BCUT2D eigenvalue weighted by molar-refractivity contribution is 5.96. The molecule has 3 rings (SSSR count). The van der Waals surface area contributed by atoms with E-state index in [1.54, 1.807) is 19.1 Å². The highest BCUT2D eigenvalue weighted by atomic mass is 16.7. The fourth-order valence-corrected chi connectivity index (χ4v) is 4.30. The lowest BCUT2D eigenvalue weighted by molar-refractivity contribution is -0.288. The molecule has 0 spiro atoms. The standard InChI is InChI=1S/C29H32O12/c1-6-35-25(34)14-12-22-21-10-8-7-9-20(21)11-13-23(22)40-29-28(39-19(5)33)27(38-18(4)32)26(37-17(3)31)24(41-29)15-36-16(2)30/h7-14,24,26-29H,6,15H2,1-5H3/b14-12+/t24-,26+,27+,28-,29-/m1/s1. The van der Waals surface area contributed by atoms with Crippen LogP contribution in [-0.2, 0) is 52.4 Å². The first-order valence-electron chi connectivity index (χ1n) is 12.8. The maximum absolute atomic E-state index is 12.1. The van der Waals surface area contributed by atoms with Crippen LogP contribution in [0, 0.1) is 0 Å². The first-order chi connectivity index (χ1) is 19.5. The number of hydrogen-bond donors (Lipinski definition) is 0. The minimum atomic E-state index is -1.44. The molecule has 0 aliphatic carbocycles. The van der Waals surface area contributed by atoms with E-state index in [1.165, 1.54) is 19.1 Å². The molecule has 1 fully saturated rings. The van der Waals surface area contributed by atoms with Crippen LogP contribution in [0.4, 0.5) is 0 Å². The number of carbonyl (C=O) groups is 5. The van der Waals surface area contributed by atoms with Gasteiger partial charge in [-0.05, 0) is 29.8 Å². The molecule has 0 saturated carbocycles. The van der Waals surface area contributed by atoms with Gasteiger partial charge in [0.2, 0.25) is 12.4 Å². The van der Waals surface area contributed by atoms with Gasteiger partial charge in [0.1, 0.15) is 18.5 Å². The molecule has 1 aliphatic heterocycles. The highest BCUT2D eigenvalue weighted by Gasteiger charge is 2.53. The molecule has 0 N–H and O–H groups in total. The third-order valence-electron chi connectivity index (χ3n) is 5.79. The molecule has 5 atom stereocenters. The zero-order chi connectivity index (χ0) is 30.1. The molecular weight excluding hydrogens is 540 g/mol. The SMILES string of the molecule is CCOC(=O)/C=C/c1c(O[C@@H]2O[C@H](COC(C)=O)[C@H](OC(C)=O)[C@H](OC(C)=O)[C@H]2OC(C)=O)ccc2ccccc12. The largest absolute Gasteiger partial charge is 0.463 e. The van der Waals surface area contributed by atoms with Gasteiger partial charge in [-0.15, -0.1) is 0 Å². The third kappa shape index (κ3) is 8.52. The molecule has 220 valence electrons. The Kier molecular flexibility index (Phi) is 10.8. The summed E-state index contributed by atoms with van der Waals surface area (Å²) in [6, 6.07) is 10.7. The maximum Gasteiger partial charge on any atom is 0.330 e. The van der Waals surface area contributed by atoms with Gasteiger partial charge in [0.15, 0.2) is 12.2 Å². The molecule has 2 aromatic rings. The van der Waals surface area contributed by atoms with Crippen molar-refractivity contribution in [1.29, 1.82) is 0 Å². The van der Waals surface area contributed by atoms with E-state index in [2.05, 4.69) is 0 Å². The second kappa shape index (κ2) is 14.3. The Morgan fingerprint density at radius 3 is 2.05 bits per heavy atom. The zero-order valence-electron chi connectivity index (χ0n) is 23.3. The normalized spacial score (nSPS) is 22.0. The summed E-state index contributed by atoms with van der Waals surface area (Å²) in [5, 5.41) is 1.56. The molecule has 1 heterocycles. The van der Waals surface area contributed by atoms with Crippen molar-refractivity contribution < 1.29 is 57.1 Å². The van der Waals surface area contributed by atoms with Crippen LogP contribution in [0.2, 0.25) is 0 Å². The lowest BCUT2D eigenvalue weighted by Crippen LogP contribution is -2.63. The van der Waals surface area contributed by atoms with Crippen LogP contribution in [0.3, 0.4) is 0 Å². The van der Waals surface area contributed by atoms with Gasteiger partial charge in [0, 0.05) is 39.3 Å². The summed E-state index contributed by atoms with van der Waals surface area (Å²) in [5.41, 5.74) is 0.476. The van der Waals surface area contributed by atoms with Crippen LogP contribution in [0.5, 0.6) is 5.75 Å². The number of hydrogen-bond acceptors (Lipinski definition) is 12. The molecular formula is C29H32O12. The minimum Gasteiger partial charge on any atom is -0.463 e. The minimum absolute atomic E-state index is 0.187. The Bertz CT molecular complexity index is 1320. The van der Waals surface area contributed by atoms with E-state index in [4.69, 9.17) is 33.2 Å². The Hall–Kier alpha value is -4.45. The lowest BCUT2D eigenvalue weighted by Gasteiger charge is -2.44. The maximum atomic E-state index is 12.1. The van der Waals surface area contributed by atoms with Crippen molar-refractivity contribution in [2.75, 3.05) is 13.2 Å². The topological polar surface area (TPSA) is 150 Å². The summed E-state index contributed by atoms with van der Waals surface area (Å²) in [5.74, 6) is -3.26. The molecule has 41 heavy (non-hydrogen) atoms. The van der Waals surface area contributed by atoms with E-state index in [0.717, 1.165) is 31.5 Å². The van der Waals surface area contributed by atoms with Crippen molar-refractivity contribution in [3.63, 3.8) is 0 Å². The number of rotatable bonds is 10. The van der Waals surface area contributed by atoms with E-state index >= 15 is 0 Å². The molecule has 0 radical (unpaired) electrons. The monoisotopic (exact) mass is 572 g/mol. The number of benzene rings is 2. The van der Waals surface area contributed by atoms with Crippen LogP contribution in [-0.4, -0.2) is 73.8 Å². The Balaban J connectivity index is 2.11. The van der Waals surface area contributed by atoms with E-state index in [0.29, 0.717) is 5.56 Å². The van der Waals surface area contributed by atoms with Crippen molar-refractivity contribution in [1.82, 2.24) is 0 Å². The van der Waals surface area contributed by atoms with E-state index < -0.39 is 67.2 Å². The number of carbonyl (C=O) groups excluding carboxylic acids is 5. The average Bonchev–Trinajstić information content (AvgIpc) is 2.89. The molecule has 1 aliphatic rings. The lowest BCUT2D eigenvalue weighted by atomic mass is 9.97. The Morgan fingerprint density at radius 1 is 0.780 bits per heavy atom. The van der Waals surface area contributed by atoms with Crippen LogP contribution in [0.25, 0.3) is 16.8 Å². The van der Waals surface area contributed by atoms with Crippen LogP contribution in [0.1, 0.15) is 40.2 Å². The van der Waals surface area contributed by atoms with Crippen molar-refractivity contribution in [3.05, 3.63) is 48.0 Å². The van der Waals surface area contributed by atoms with E-state index in [9.17, 15) is 24.0 Å². The van der Waals surface area contributed by atoms with Gasteiger partial charge in [0.05, 0.1) is 6.61 Å². The van der Waals surface area contributed by atoms with E-state index in [1.807, 2.05) is 24.3 Å². The number of esters is 5. The predicted molar refractivity (Wildman–Crippen MR) is 142 cm³/mol. The highest BCUT2D eigenvalue weighted by Crippen LogP contribution is 2.35. The molecule has 0 aromatic heterocycles. The van der Waals surface area contributed by atoms with Gasteiger partial charge in [-0.3, -0.25) is 19.2 Å². The van der Waals surface area contributed by atoms with Crippen LogP contribution < -0.4 is 4.74 Å². The Labute approximate surface area is 236 Å². The fourth-order valence-electron chi connectivity index (χ4n) is 4.30. The fraction of sp³-hybridized carbons (Fsp3) is 0.414. The molecule has 0 unspecified atom stereocenters. The first-order valence-corrected chi connectivity index (χ1v) is 12.8. The van der Waals surface area contributed by atoms with Crippen molar-refractivity contribution >= 4 is 46.7 Å².